The zero-order valence-electron chi connectivity index (χ0n) is 19.3. The molecule has 2 amide bonds. The lowest BCUT2D eigenvalue weighted by Gasteiger charge is -2.24. The van der Waals surface area contributed by atoms with Crippen LogP contribution >= 0.6 is 23.4 Å². The maximum absolute atomic E-state index is 13.2. The zero-order valence-corrected chi connectivity index (χ0v) is 20.8. The highest BCUT2D eigenvalue weighted by Crippen LogP contribution is 2.37. The first-order valence-corrected chi connectivity index (χ1v) is 12.7. The van der Waals surface area contributed by atoms with Crippen LogP contribution in [-0.4, -0.2) is 22.9 Å². The lowest BCUT2D eigenvalue weighted by molar-refractivity contribution is -0.146. The van der Waals surface area contributed by atoms with Crippen LogP contribution in [0.5, 0.6) is 0 Å². The van der Waals surface area contributed by atoms with E-state index in [0.717, 1.165) is 10.5 Å². The summed E-state index contributed by atoms with van der Waals surface area (Å²) in [7, 11) is 0. The van der Waals surface area contributed by atoms with Crippen LogP contribution in [0.1, 0.15) is 23.7 Å². The number of benzene rings is 3. The highest BCUT2D eigenvalue weighted by Gasteiger charge is 2.34. The van der Waals surface area contributed by atoms with Crippen molar-refractivity contribution < 1.29 is 19.5 Å². The van der Waals surface area contributed by atoms with Gasteiger partial charge < -0.3 is 15.7 Å². The Hall–Kier alpha value is -3.55. The standard InChI is InChI=1S/C28H25ClN2O4S/c29-19-10-12-20(13-11-19)31-27(33)25(18-6-2-1-3-7-18)36-22-16-14-21(15-17-22)30-26(32)23-8-4-5-9-24(23)28(34)35/h1-7,10-17,23-25H,8-9H2,(H,30,32)(H,31,33)(H,34,35). The van der Waals surface area contributed by atoms with E-state index in [1.165, 1.54) is 11.8 Å². The second-order valence-corrected chi connectivity index (χ2v) is 10.0. The number of carboxylic acid groups (broad SMARTS) is 1. The first-order chi connectivity index (χ1) is 17.4. The van der Waals surface area contributed by atoms with Gasteiger partial charge in [-0.2, -0.15) is 0 Å². The van der Waals surface area contributed by atoms with E-state index in [-0.39, 0.29) is 11.8 Å². The molecule has 0 bridgehead atoms. The molecule has 36 heavy (non-hydrogen) atoms. The number of carbonyl (C=O) groups excluding carboxylic acids is 2. The fraction of sp³-hybridized carbons (Fsp3) is 0.179. The quantitative estimate of drug-likeness (QED) is 0.235. The van der Waals surface area contributed by atoms with Gasteiger partial charge in [-0.3, -0.25) is 14.4 Å². The molecule has 0 spiro atoms. The van der Waals surface area contributed by atoms with E-state index in [1.807, 2.05) is 48.5 Å². The maximum Gasteiger partial charge on any atom is 0.307 e. The minimum absolute atomic E-state index is 0.170. The fourth-order valence-electron chi connectivity index (χ4n) is 4.01. The summed E-state index contributed by atoms with van der Waals surface area (Å²) >= 11 is 7.35. The highest BCUT2D eigenvalue weighted by atomic mass is 35.5. The van der Waals surface area contributed by atoms with E-state index in [4.69, 9.17) is 11.6 Å². The van der Waals surface area contributed by atoms with Crippen molar-refractivity contribution >= 4 is 52.5 Å². The van der Waals surface area contributed by atoms with Gasteiger partial charge in [-0.1, -0.05) is 54.1 Å². The van der Waals surface area contributed by atoms with Gasteiger partial charge in [-0.05, 0) is 66.9 Å². The molecular weight excluding hydrogens is 496 g/mol. The number of aliphatic carboxylic acids is 1. The Morgan fingerprint density at radius 1 is 0.806 bits per heavy atom. The molecule has 3 atom stereocenters. The molecule has 0 aromatic heterocycles. The molecule has 184 valence electrons. The Kier molecular flexibility index (Phi) is 8.46. The Labute approximate surface area is 218 Å². The normalized spacial score (nSPS) is 17.7. The van der Waals surface area contributed by atoms with E-state index >= 15 is 0 Å². The molecule has 0 saturated carbocycles. The Bertz CT molecular complexity index is 1250. The van der Waals surface area contributed by atoms with Gasteiger partial charge in [-0.15, -0.1) is 11.8 Å². The molecule has 1 aliphatic carbocycles. The summed E-state index contributed by atoms with van der Waals surface area (Å²) < 4.78 is 0. The van der Waals surface area contributed by atoms with E-state index in [2.05, 4.69) is 10.6 Å². The minimum atomic E-state index is -0.963. The van der Waals surface area contributed by atoms with Crippen LogP contribution in [0.3, 0.4) is 0 Å². The van der Waals surface area contributed by atoms with Gasteiger partial charge >= 0.3 is 5.97 Å². The summed E-state index contributed by atoms with van der Waals surface area (Å²) in [5, 5.41) is 15.3. The number of hydrogen-bond donors (Lipinski definition) is 3. The van der Waals surface area contributed by atoms with Crippen molar-refractivity contribution in [3.05, 3.63) is 102 Å². The SMILES string of the molecule is O=C(Nc1ccc(Cl)cc1)C(Sc1ccc(NC(=O)C2CC=CCC2C(=O)O)cc1)c1ccccc1. The van der Waals surface area contributed by atoms with Crippen LogP contribution < -0.4 is 10.6 Å². The van der Waals surface area contributed by atoms with Crippen LogP contribution in [0.4, 0.5) is 11.4 Å². The number of hydrogen-bond acceptors (Lipinski definition) is 4. The molecular formula is C28H25ClN2O4S. The van der Waals surface area contributed by atoms with Crippen molar-refractivity contribution in [2.24, 2.45) is 11.8 Å². The predicted octanol–water partition coefficient (Wildman–Crippen LogP) is 6.42. The number of thioether (sulfide) groups is 1. The first kappa shape index (κ1) is 25.5. The largest absolute Gasteiger partial charge is 0.481 e. The van der Waals surface area contributed by atoms with E-state index in [0.29, 0.717) is 29.2 Å². The lowest BCUT2D eigenvalue weighted by atomic mass is 9.82. The Balaban J connectivity index is 1.46. The van der Waals surface area contributed by atoms with Gasteiger partial charge in [-0.25, -0.2) is 0 Å². The molecule has 0 saturated heterocycles. The summed E-state index contributed by atoms with van der Waals surface area (Å²) in [6.07, 6.45) is 4.41. The third-order valence-electron chi connectivity index (χ3n) is 5.91. The van der Waals surface area contributed by atoms with Crippen molar-refractivity contribution in [1.82, 2.24) is 0 Å². The van der Waals surface area contributed by atoms with Gasteiger partial charge in [0, 0.05) is 21.3 Å². The van der Waals surface area contributed by atoms with Gasteiger partial charge in [0.15, 0.2) is 0 Å². The van der Waals surface area contributed by atoms with Crippen LogP contribution in [0, 0.1) is 11.8 Å². The zero-order chi connectivity index (χ0) is 25.5. The highest BCUT2D eigenvalue weighted by molar-refractivity contribution is 8.00. The summed E-state index contributed by atoms with van der Waals surface area (Å²) in [5.41, 5.74) is 2.09. The van der Waals surface area contributed by atoms with Gasteiger partial charge in [0.05, 0.1) is 11.8 Å². The third kappa shape index (κ3) is 6.56. The molecule has 8 heteroatoms. The monoisotopic (exact) mass is 520 g/mol. The van der Waals surface area contributed by atoms with Gasteiger partial charge in [0.1, 0.15) is 5.25 Å². The van der Waals surface area contributed by atoms with Gasteiger partial charge in [0.2, 0.25) is 11.8 Å². The topological polar surface area (TPSA) is 95.5 Å². The number of anilines is 2. The van der Waals surface area contributed by atoms with Gasteiger partial charge in [0.25, 0.3) is 0 Å². The molecule has 3 N–H and O–H groups in total. The molecule has 0 radical (unpaired) electrons. The molecule has 3 unspecified atom stereocenters. The summed E-state index contributed by atoms with van der Waals surface area (Å²) in [5.74, 6) is -2.78. The minimum Gasteiger partial charge on any atom is -0.481 e. The molecule has 6 nitrogen and oxygen atoms in total. The molecule has 0 aliphatic heterocycles. The van der Waals surface area contributed by atoms with Crippen molar-refractivity contribution in [2.75, 3.05) is 10.6 Å². The molecule has 0 fully saturated rings. The Morgan fingerprint density at radius 2 is 1.39 bits per heavy atom. The number of allylic oxidation sites excluding steroid dienone is 2. The number of nitrogens with one attached hydrogen (secondary N) is 2. The van der Waals surface area contributed by atoms with Crippen LogP contribution in [-0.2, 0) is 14.4 Å². The van der Waals surface area contributed by atoms with Crippen molar-refractivity contribution in [2.45, 2.75) is 23.0 Å². The fourth-order valence-corrected chi connectivity index (χ4v) is 5.16. The van der Waals surface area contributed by atoms with E-state index < -0.39 is 23.1 Å². The second-order valence-electron chi connectivity index (χ2n) is 8.41. The molecule has 3 aromatic carbocycles. The number of amides is 2. The number of carbonyl (C=O) groups is 3. The summed E-state index contributed by atoms with van der Waals surface area (Å²) in [6.45, 7) is 0. The number of carboxylic acids is 1. The van der Waals surface area contributed by atoms with Crippen LogP contribution in [0.15, 0.2) is 95.9 Å². The van der Waals surface area contributed by atoms with Crippen molar-refractivity contribution in [3.63, 3.8) is 0 Å². The Morgan fingerprint density at radius 3 is 2.03 bits per heavy atom. The predicted molar refractivity (Wildman–Crippen MR) is 143 cm³/mol. The first-order valence-electron chi connectivity index (χ1n) is 11.5. The number of rotatable bonds is 8. The maximum atomic E-state index is 13.2. The van der Waals surface area contributed by atoms with Crippen molar-refractivity contribution in [1.29, 1.82) is 0 Å². The summed E-state index contributed by atoms with van der Waals surface area (Å²) in [4.78, 5) is 38.3. The second kappa shape index (κ2) is 11.9. The lowest BCUT2D eigenvalue weighted by Crippen LogP contribution is -2.34. The van der Waals surface area contributed by atoms with E-state index in [9.17, 15) is 19.5 Å². The number of halogens is 1. The molecule has 4 rings (SSSR count). The molecule has 1 aliphatic rings. The van der Waals surface area contributed by atoms with Crippen LogP contribution in [0.2, 0.25) is 5.02 Å². The smallest absolute Gasteiger partial charge is 0.307 e. The van der Waals surface area contributed by atoms with Crippen LogP contribution in [0.25, 0.3) is 0 Å². The molecule has 0 heterocycles. The average Bonchev–Trinajstić information content (AvgIpc) is 2.90. The average molecular weight is 521 g/mol. The third-order valence-corrected chi connectivity index (χ3v) is 7.43. The van der Waals surface area contributed by atoms with E-state index in [1.54, 1.807) is 42.5 Å². The van der Waals surface area contributed by atoms with Crippen molar-refractivity contribution in [3.8, 4) is 0 Å². The molecule has 3 aromatic rings. The summed E-state index contributed by atoms with van der Waals surface area (Å²) in [6, 6.07) is 23.6.